The van der Waals surface area contributed by atoms with Crippen molar-refractivity contribution in [2.24, 2.45) is 0 Å². The summed E-state index contributed by atoms with van der Waals surface area (Å²) < 4.78 is 0. The van der Waals surface area contributed by atoms with E-state index in [1.807, 2.05) is 13.0 Å². The molecule has 0 spiro atoms. The van der Waals surface area contributed by atoms with Gasteiger partial charge in [0, 0.05) is 49.2 Å². The molecule has 8 nitrogen and oxygen atoms in total. The molecule has 2 heterocycles. The standard InChI is InChI=1S/C19H22N4O4/c1-13-9-14(2)20-18(10-13)22-7-5-21(6-8-22)16-3-4-17(23(26)27)15(11-16)12-19(24)25/h3-4,9-11H,5-8,12H2,1-2H3,(H,24,25). The Morgan fingerprint density at radius 1 is 1.15 bits per heavy atom. The molecular weight excluding hydrogens is 348 g/mol. The van der Waals surface area contributed by atoms with Crippen molar-refractivity contribution in [2.75, 3.05) is 36.0 Å². The van der Waals surface area contributed by atoms with Crippen molar-refractivity contribution in [2.45, 2.75) is 20.3 Å². The molecule has 0 amide bonds. The van der Waals surface area contributed by atoms with Crippen LogP contribution in [-0.2, 0) is 11.2 Å². The first kappa shape index (κ1) is 18.6. The second kappa shape index (κ2) is 7.61. The van der Waals surface area contributed by atoms with Gasteiger partial charge in [-0.1, -0.05) is 0 Å². The third-order valence-corrected chi connectivity index (χ3v) is 4.65. The molecule has 142 valence electrons. The Kier molecular flexibility index (Phi) is 5.25. The van der Waals surface area contributed by atoms with E-state index in [1.165, 1.54) is 11.6 Å². The highest BCUT2D eigenvalue weighted by atomic mass is 16.6. The van der Waals surface area contributed by atoms with Gasteiger partial charge >= 0.3 is 5.97 Å². The van der Waals surface area contributed by atoms with Gasteiger partial charge in [0.15, 0.2) is 0 Å². The Hall–Kier alpha value is -3.16. The maximum Gasteiger partial charge on any atom is 0.308 e. The minimum atomic E-state index is -1.08. The Labute approximate surface area is 157 Å². The molecule has 1 aromatic heterocycles. The van der Waals surface area contributed by atoms with E-state index in [0.29, 0.717) is 0 Å². The molecule has 0 unspecified atom stereocenters. The van der Waals surface area contributed by atoms with Gasteiger partial charge in [0.1, 0.15) is 5.82 Å². The van der Waals surface area contributed by atoms with Crippen molar-refractivity contribution in [3.8, 4) is 0 Å². The van der Waals surface area contributed by atoms with Crippen molar-refractivity contribution in [3.05, 3.63) is 57.3 Å². The van der Waals surface area contributed by atoms with E-state index < -0.39 is 10.9 Å². The number of hydrogen-bond donors (Lipinski definition) is 1. The Bertz CT molecular complexity index is 856. The van der Waals surface area contributed by atoms with Gasteiger partial charge < -0.3 is 14.9 Å². The van der Waals surface area contributed by atoms with Crippen molar-refractivity contribution in [3.63, 3.8) is 0 Å². The number of aromatic nitrogens is 1. The topological polar surface area (TPSA) is 99.8 Å². The molecule has 0 atom stereocenters. The SMILES string of the molecule is Cc1cc(C)nc(N2CCN(c3ccc([N+](=O)[O-])c(CC(=O)O)c3)CC2)c1. The second-order valence-corrected chi connectivity index (χ2v) is 6.76. The molecule has 27 heavy (non-hydrogen) atoms. The maximum atomic E-state index is 11.1. The summed E-state index contributed by atoms with van der Waals surface area (Å²) in [6, 6.07) is 8.82. The van der Waals surface area contributed by atoms with Crippen LogP contribution in [0.2, 0.25) is 0 Å². The molecule has 1 aromatic carbocycles. The van der Waals surface area contributed by atoms with Crippen LogP contribution in [0.5, 0.6) is 0 Å². The van der Waals surface area contributed by atoms with E-state index in [2.05, 4.69) is 27.8 Å². The number of nitrogens with zero attached hydrogens (tertiary/aromatic N) is 4. The number of carbonyl (C=O) groups is 1. The summed E-state index contributed by atoms with van der Waals surface area (Å²) in [5.74, 6) is -0.122. The molecule has 1 saturated heterocycles. The highest BCUT2D eigenvalue weighted by Crippen LogP contribution is 2.27. The minimum Gasteiger partial charge on any atom is -0.481 e. The molecular formula is C19H22N4O4. The van der Waals surface area contributed by atoms with E-state index in [0.717, 1.165) is 43.4 Å². The fourth-order valence-electron chi connectivity index (χ4n) is 3.43. The minimum absolute atomic E-state index is 0.153. The lowest BCUT2D eigenvalue weighted by Crippen LogP contribution is -2.47. The van der Waals surface area contributed by atoms with E-state index in [1.54, 1.807) is 12.1 Å². The van der Waals surface area contributed by atoms with Gasteiger partial charge in [-0.05, 0) is 43.7 Å². The van der Waals surface area contributed by atoms with Gasteiger partial charge in [-0.2, -0.15) is 0 Å². The number of carboxylic acid groups (broad SMARTS) is 1. The van der Waals surface area contributed by atoms with E-state index in [9.17, 15) is 14.9 Å². The van der Waals surface area contributed by atoms with Crippen LogP contribution in [0.25, 0.3) is 0 Å². The molecule has 0 aliphatic carbocycles. The summed E-state index contributed by atoms with van der Waals surface area (Å²) in [5, 5.41) is 20.2. The monoisotopic (exact) mass is 370 g/mol. The maximum absolute atomic E-state index is 11.1. The fraction of sp³-hybridized carbons (Fsp3) is 0.368. The van der Waals surface area contributed by atoms with Gasteiger partial charge in [0.05, 0.1) is 11.3 Å². The predicted octanol–water partition coefficient (Wildman–Crippen LogP) is 2.56. The zero-order chi connectivity index (χ0) is 19.6. The molecule has 1 aliphatic rings. The molecule has 1 fully saturated rings. The van der Waals surface area contributed by atoms with E-state index in [4.69, 9.17) is 5.11 Å². The predicted molar refractivity (Wildman–Crippen MR) is 103 cm³/mol. The number of aliphatic carboxylic acids is 1. The number of nitro groups is 1. The van der Waals surface area contributed by atoms with Crippen LogP contribution in [-0.4, -0.2) is 47.2 Å². The van der Waals surface area contributed by atoms with Crippen LogP contribution >= 0.6 is 0 Å². The largest absolute Gasteiger partial charge is 0.481 e. The first-order valence-electron chi connectivity index (χ1n) is 8.78. The van der Waals surface area contributed by atoms with Gasteiger partial charge in [-0.15, -0.1) is 0 Å². The average molecular weight is 370 g/mol. The van der Waals surface area contributed by atoms with Crippen LogP contribution in [0.3, 0.4) is 0 Å². The number of benzene rings is 1. The van der Waals surface area contributed by atoms with Crippen LogP contribution in [0.1, 0.15) is 16.8 Å². The number of piperazine rings is 1. The van der Waals surface area contributed by atoms with Crippen LogP contribution in [0, 0.1) is 24.0 Å². The summed E-state index contributed by atoms with van der Waals surface area (Å²) >= 11 is 0. The van der Waals surface area contributed by atoms with E-state index >= 15 is 0 Å². The number of aryl methyl sites for hydroxylation is 2. The lowest BCUT2D eigenvalue weighted by molar-refractivity contribution is -0.385. The van der Waals surface area contributed by atoms with Crippen molar-refractivity contribution in [1.82, 2.24) is 4.98 Å². The summed E-state index contributed by atoms with van der Waals surface area (Å²) in [5.41, 5.74) is 3.04. The highest BCUT2D eigenvalue weighted by molar-refractivity contribution is 5.73. The molecule has 0 bridgehead atoms. The van der Waals surface area contributed by atoms with Crippen LogP contribution in [0.15, 0.2) is 30.3 Å². The van der Waals surface area contributed by atoms with Gasteiger partial charge in [0.25, 0.3) is 5.69 Å². The number of anilines is 2. The first-order chi connectivity index (χ1) is 12.8. The van der Waals surface area contributed by atoms with Gasteiger partial charge in [0.2, 0.25) is 0 Å². The van der Waals surface area contributed by atoms with E-state index in [-0.39, 0.29) is 17.7 Å². The Balaban J connectivity index is 1.75. The van der Waals surface area contributed by atoms with Crippen LogP contribution < -0.4 is 9.80 Å². The lowest BCUT2D eigenvalue weighted by atomic mass is 10.1. The second-order valence-electron chi connectivity index (χ2n) is 6.76. The molecule has 1 N–H and O–H groups in total. The van der Waals surface area contributed by atoms with Gasteiger partial charge in [-0.25, -0.2) is 4.98 Å². The lowest BCUT2D eigenvalue weighted by Gasteiger charge is -2.37. The van der Waals surface area contributed by atoms with Crippen LogP contribution in [0.4, 0.5) is 17.2 Å². The summed E-state index contributed by atoms with van der Waals surface area (Å²) in [4.78, 5) is 30.6. The molecule has 0 saturated carbocycles. The molecule has 3 rings (SSSR count). The van der Waals surface area contributed by atoms with Crippen molar-refractivity contribution < 1.29 is 14.8 Å². The first-order valence-corrected chi connectivity index (χ1v) is 8.78. The van der Waals surface area contributed by atoms with Gasteiger partial charge in [-0.3, -0.25) is 14.9 Å². The third kappa shape index (κ3) is 4.33. The fourth-order valence-corrected chi connectivity index (χ4v) is 3.43. The number of nitro benzene ring substituents is 1. The molecule has 8 heteroatoms. The normalized spacial score (nSPS) is 14.3. The number of pyridine rings is 1. The summed E-state index contributed by atoms with van der Waals surface area (Å²) in [6.07, 6.45) is -0.364. The van der Waals surface area contributed by atoms with Crippen molar-refractivity contribution >= 4 is 23.2 Å². The Morgan fingerprint density at radius 3 is 2.41 bits per heavy atom. The molecule has 2 aromatic rings. The zero-order valence-electron chi connectivity index (χ0n) is 15.4. The highest BCUT2D eigenvalue weighted by Gasteiger charge is 2.22. The number of carboxylic acids is 1. The summed E-state index contributed by atoms with van der Waals surface area (Å²) in [7, 11) is 0. The number of rotatable bonds is 5. The molecule has 0 radical (unpaired) electrons. The van der Waals surface area contributed by atoms with Crippen molar-refractivity contribution in [1.29, 1.82) is 0 Å². The average Bonchev–Trinajstić information content (AvgIpc) is 2.60. The zero-order valence-corrected chi connectivity index (χ0v) is 15.4. The summed E-state index contributed by atoms with van der Waals surface area (Å²) in [6.45, 7) is 7.06. The smallest absolute Gasteiger partial charge is 0.308 e. The quantitative estimate of drug-likeness (QED) is 0.638. The molecule has 1 aliphatic heterocycles. The Morgan fingerprint density at radius 2 is 1.81 bits per heavy atom. The number of hydrogen-bond acceptors (Lipinski definition) is 6. The third-order valence-electron chi connectivity index (χ3n) is 4.65.